The van der Waals surface area contributed by atoms with Crippen LogP contribution in [0, 0.1) is 0 Å². The Morgan fingerprint density at radius 1 is 1.10 bits per heavy atom. The van der Waals surface area contributed by atoms with Crippen LogP contribution >= 0.6 is 24.0 Å². The molecule has 9 nitrogen and oxygen atoms in total. The number of ether oxygens (including phenoxy) is 1. The summed E-state index contributed by atoms with van der Waals surface area (Å²) in [6.07, 6.45) is 1.55. The number of carbonyl (C=O) groups is 1. The first-order valence-electron chi connectivity index (χ1n) is 10.3. The Morgan fingerprint density at radius 2 is 1.76 bits per heavy atom. The van der Waals surface area contributed by atoms with E-state index >= 15 is 0 Å². The average molecular weight is 543 g/mol. The third-order valence-corrected chi connectivity index (χ3v) is 7.15. The molecule has 168 valence electrons. The fourth-order valence-corrected chi connectivity index (χ4v) is 5.09. The maximum Gasteiger partial charge on any atom is 0.251 e. The molecule has 1 N–H and O–H groups in total. The van der Waals surface area contributed by atoms with Crippen molar-refractivity contribution in [2.75, 3.05) is 77.0 Å². The summed E-state index contributed by atoms with van der Waals surface area (Å²) in [7, 11) is -2.84. The maximum atomic E-state index is 12.5. The summed E-state index contributed by atoms with van der Waals surface area (Å²) in [5, 5.41) is 3.34. The van der Waals surface area contributed by atoms with E-state index in [4.69, 9.17) is 9.73 Å². The molecular formula is C18H34IN5O4S. The van der Waals surface area contributed by atoms with Crippen LogP contribution in [0.3, 0.4) is 0 Å². The molecular weight excluding hydrogens is 509 g/mol. The van der Waals surface area contributed by atoms with Gasteiger partial charge in [-0.1, -0.05) is 0 Å². The second-order valence-electron chi connectivity index (χ2n) is 7.54. The molecule has 3 aliphatic heterocycles. The van der Waals surface area contributed by atoms with E-state index in [0.29, 0.717) is 39.3 Å². The van der Waals surface area contributed by atoms with Crippen molar-refractivity contribution in [3.8, 4) is 0 Å². The number of sulfone groups is 1. The smallest absolute Gasteiger partial charge is 0.251 e. The first-order chi connectivity index (χ1) is 13.5. The second-order valence-corrected chi connectivity index (χ2v) is 9.85. The van der Waals surface area contributed by atoms with Gasteiger partial charge in [0.05, 0.1) is 18.1 Å². The minimum absolute atomic E-state index is 0. The van der Waals surface area contributed by atoms with Crippen LogP contribution in [0.25, 0.3) is 0 Å². The molecule has 0 aliphatic carbocycles. The lowest BCUT2D eigenvalue weighted by Gasteiger charge is -2.37. The molecule has 0 aromatic heterocycles. The first kappa shape index (κ1) is 24.6. The molecule has 0 saturated carbocycles. The number of hydrogen-bond acceptors (Lipinski definition) is 6. The van der Waals surface area contributed by atoms with Gasteiger partial charge in [-0.15, -0.1) is 24.0 Å². The monoisotopic (exact) mass is 543 g/mol. The maximum absolute atomic E-state index is 12.5. The number of rotatable bonds is 5. The molecule has 3 aliphatic rings. The van der Waals surface area contributed by atoms with Crippen molar-refractivity contribution < 1.29 is 17.9 Å². The molecule has 3 heterocycles. The molecule has 0 spiro atoms. The van der Waals surface area contributed by atoms with Crippen molar-refractivity contribution in [3.63, 3.8) is 0 Å². The van der Waals surface area contributed by atoms with E-state index in [9.17, 15) is 13.2 Å². The standard InChI is InChI=1S/C18H33N5O4S.HI/c1-2-19-18(20-5-6-21-11-14-28(25,26)15-12-21)23-9-7-22(8-10-23)17(24)16-4-3-13-27-16;/h16H,2-15H2,1H3,(H,19,20);1H. The summed E-state index contributed by atoms with van der Waals surface area (Å²) in [4.78, 5) is 23.5. The lowest BCUT2D eigenvalue weighted by atomic mass is 10.2. The van der Waals surface area contributed by atoms with Crippen LogP contribution in [0.2, 0.25) is 0 Å². The Kier molecular flexibility index (Phi) is 9.89. The van der Waals surface area contributed by atoms with Gasteiger partial charge < -0.3 is 19.9 Å². The highest BCUT2D eigenvalue weighted by atomic mass is 127. The number of nitrogens with zero attached hydrogens (tertiary/aromatic N) is 4. The minimum Gasteiger partial charge on any atom is -0.368 e. The van der Waals surface area contributed by atoms with Crippen molar-refractivity contribution in [1.82, 2.24) is 20.0 Å². The number of guanidine groups is 1. The van der Waals surface area contributed by atoms with Gasteiger partial charge in [0.15, 0.2) is 15.8 Å². The van der Waals surface area contributed by atoms with E-state index in [1.165, 1.54) is 0 Å². The highest BCUT2D eigenvalue weighted by Gasteiger charge is 2.31. The van der Waals surface area contributed by atoms with E-state index in [1.807, 2.05) is 11.8 Å². The van der Waals surface area contributed by atoms with Crippen molar-refractivity contribution >= 4 is 45.7 Å². The van der Waals surface area contributed by atoms with E-state index in [2.05, 4.69) is 15.1 Å². The van der Waals surface area contributed by atoms with Gasteiger partial charge in [-0.3, -0.25) is 14.7 Å². The Hall–Kier alpha value is -0.660. The Morgan fingerprint density at radius 3 is 2.34 bits per heavy atom. The van der Waals surface area contributed by atoms with Crippen molar-refractivity contribution in [2.45, 2.75) is 25.9 Å². The number of hydrogen-bond donors (Lipinski definition) is 1. The molecule has 11 heteroatoms. The Labute approximate surface area is 191 Å². The average Bonchev–Trinajstić information content (AvgIpc) is 3.23. The summed E-state index contributed by atoms with van der Waals surface area (Å²) in [5.74, 6) is 1.49. The zero-order chi connectivity index (χ0) is 20.0. The number of nitrogens with one attached hydrogen (secondary N) is 1. The van der Waals surface area contributed by atoms with Crippen LogP contribution < -0.4 is 5.32 Å². The lowest BCUT2D eigenvalue weighted by Crippen LogP contribution is -2.55. The molecule has 1 amide bonds. The summed E-state index contributed by atoms with van der Waals surface area (Å²) < 4.78 is 28.6. The summed E-state index contributed by atoms with van der Waals surface area (Å²) in [6.45, 7) is 9.00. The molecule has 3 rings (SSSR count). The van der Waals surface area contributed by atoms with Gasteiger partial charge in [0.1, 0.15) is 6.10 Å². The third kappa shape index (κ3) is 7.21. The highest BCUT2D eigenvalue weighted by molar-refractivity contribution is 14.0. The number of amides is 1. The van der Waals surface area contributed by atoms with Crippen LogP contribution in [0.1, 0.15) is 19.8 Å². The molecule has 3 saturated heterocycles. The highest BCUT2D eigenvalue weighted by Crippen LogP contribution is 2.16. The molecule has 29 heavy (non-hydrogen) atoms. The number of carbonyl (C=O) groups excluding carboxylic acids is 1. The summed E-state index contributed by atoms with van der Waals surface area (Å²) in [6, 6.07) is 0. The van der Waals surface area contributed by atoms with Crippen LogP contribution in [0.5, 0.6) is 0 Å². The molecule has 1 atom stereocenters. The van der Waals surface area contributed by atoms with Crippen molar-refractivity contribution in [3.05, 3.63) is 0 Å². The molecule has 0 aromatic carbocycles. The van der Waals surface area contributed by atoms with Crippen molar-refractivity contribution in [1.29, 1.82) is 0 Å². The fourth-order valence-electron chi connectivity index (χ4n) is 3.81. The Bertz CT molecular complexity index is 647. The summed E-state index contributed by atoms with van der Waals surface area (Å²) >= 11 is 0. The van der Waals surface area contributed by atoms with Gasteiger partial charge >= 0.3 is 0 Å². The number of piperazine rings is 1. The zero-order valence-corrected chi connectivity index (χ0v) is 20.4. The normalized spacial score (nSPS) is 25.6. The topological polar surface area (TPSA) is 94.5 Å². The van der Waals surface area contributed by atoms with Gasteiger partial charge in [0, 0.05) is 59.0 Å². The second kappa shape index (κ2) is 11.7. The van der Waals surface area contributed by atoms with Crippen LogP contribution in [0.15, 0.2) is 4.99 Å². The van der Waals surface area contributed by atoms with Gasteiger partial charge in [-0.2, -0.15) is 0 Å². The van der Waals surface area contributed by atoms with E-state index in [0.717, 1.165) is 45.0 Å². The third-order valence-electron chi connectivity index (χ3n) is 5.55. The fraction of sp³-hybridized carbons (Fsp3) is 0.889. The SMILES string of the molecule is CCNC(=NCCN1CCS(=O)(=O)CC1)N1CCN(C(=O)C2CCCO2)CC1.I. The van der Waals surface area contributed by atoms with Crippen LogP contribution in [-0.4, -0.2) is 118 Å². The molecule has 1 unspecified atom stereocenters. The predicted octanol–water partition coefficient (Wildman–Crippen LogP) is -0.376. The quantitative estimate of drug-likeness (QED) is 0.287. The van der Waals surface area contributed by atoms with Crippen LogP contribution in [-0.2, 0) is 19.4 Å². The lowest BCUT2D eigenvalue weighted by molar-refractivity contribution is -0.142. The zero-order valence-electron chi connectivity index (χ0n) is 17.2. The molecule has 0 aromatic rings. The molecule has 0 bridgehead atoms. The van der Waals surface area contributed by atoms with Gasteiger partial charge in [0.2, 0.25) is 0 Å². The molecule has 3 fully saturated rings. The van der Waals surface area contributed by atoms with E-state index < -0.39 is 9.84 Å². The van der Waals surface area contributed by atoms with E-state index in [-0.39, 0.29) is 47.5 Å². The van der Waals surface area contributed by atoms with Crippen molar-refractivity contribution in [2.24, 2.45) is 4.99 Å². The number of aliphatic imine (C=N–C) groups is 1. The van der Waals surface area contributed by atoms with Gasteiger partial charge in [0.25, 0.3) is 5.91 Å². The van der Waals surface area contributed by atoms with Gasteiger partial charge in [-0.05, 0) is 19.8 Å². The largest absolute Gasteiger partial charge is 0.368 e. The first-order valence-corrected chi connectivity index (χ1v) is 12.2. The Balaban J connectivity index is 0.00000300. The summed E-state index contributed by atoms with van der Waals surface area (Å²) in [5.41, 5.74) is 0. The predicted molar refractivity (Wildman–Crippen MR) is 124 cm³/mol. The molecule has 0 radical (unpaired) electrons. The number of halogens is 1. The minimum atomic E-state index is -2.84. The van der Waals surface area contributed by atoms with Crippen LogP contribution in [0.4, 0.5) is 0 Å². The van der Waals surface area contributed by atoms with Gasteiger partial charge in [-0.25, -0.2) is 8.42 Å². The van der Waals surface area contributed by atoms with E-state index in [1.54, 1.807) is 0 Å².